The largest absolute Gasteiger partial charge is 0.453 e. The van der Waals surface area contributed by atoms with Crippen LogP contribution in [0.4, 0.5) is 28.0 Å². The molecule has 2 aromatic rings. The summed E-state index contributed by atoms with van der Waals surface area (Å²) in [6.07, 6.45) is 1.26. The van der Waals surface area contributed by atoms with E-state index in [-0.39, 0.29) is 11.3 Å². The van der Waals surface area contributed by atoms with Gasteiger partial charge in [0.05, 0.1) is 12.7 Å². The van der Waals surface area contributed by atoms with Crippen LogP contribution in [-0.2, 0) is 15.5 Å². The number of methoxy groups -OCH3 is 1. The van der Waals surface area contributed by atoms with Crippen molar-refractivity contribution < 1.29 is 41.8 Å². The fraction of sp³-hybridized carbons (Fsp3) is 0.464. The molecule has 1 saturated heterocycles. The fourth-order valence-electron chi connectivity index (χ4n) is 3.93. The molecule has 1 heterocycles. The monoisotopic (exact) mass is 573 g/mol. The minimum atomic E-state index is -4.13. The number of hydrogen-bond acceptors (Lipinski definition) is 5. The molecule has 224 valence electrons. The summed E-state index contributed by atoms with van der Waals surface area (Å²) < 4.78 is 61.8. The SMILES string of the molecule is CC.CO.COC(N)=O.Cc1cc(NC(=O)c2ccc(F)c(C(F)(F)C(=O)N3C(C)CCCC3C)c2)ccc1F. The number of nitrogens with one attached hydrogen (secondary N) is 1. The maximum absolute atomic E-state index is 15.1. The van der Waals surface area contributed by atoms with Gasteiger partial charge in [-0.05, 0) is 82.0 Å². The molecule has 40 heavy (non-hydrogen) atoms. The minimum absolute atomic E-state index is 0.245. The number of primary amides is 1. The zero-order valence-corrected chi connectivity index (χ0v) is 23.9. The Kier molecular flexibility index (Phi) is 15.5. The third-order valence-corrected chi connectivity index (χ3v) is 5.88. The number of hydrogen-bond donors (Lipinski definition) is 3. The third-order valence-electron chi connectivity index (χ3n) is 5.88. The molecule has 1 aliphatic heterocycles. The summed E-state index contributed by atoms with van der Waals surface area (Å²) in [5, 5.41) is 9.46. The van der Waals surface area contributed by atoms with Crippen LogP contribution in [-0.4, -0.2) is 54.2 Å². The van der Waals surface area contributed by atoms with E-state index in [1.807, 2.05) is 13.8 Å². The molecule has 1 aliphatic rings. The Morgan fingerprint density at radius 2 is 1.50 bits per heavy atom. The highest BCUT2D eigenvalue weighted by molar-refractivity contribution is 6.04. The number of rotatable bonds is 4. The van der Waals surface area contributed by atoms with E-state index in [9.17, 15) is 23.2 Å². The molecule has 0 spiro atoms. The molecule has 0 aromatic heterocycles. The highest BCUT2D eigenvalue weighted by Crippen LogP contribution is 2.36. The summed E-state index contributed by atoms with van der Waals surface area (Å²) in [5.74, 6) is -8.12. The van der Waals surface area contributed by atoms with Crippen molar-refractivity contribution in [3.8, 4) is 0 Å². The first-order valence-electron chi connectivity index (χ1n) is 12.7. The van der Waals surface area contributed by atoms with Gasteiger partial charge in [-0.15, -0.1) is 0 Å². The maximum Gasteiger partial charge on any atom is 0.404 e. The van der Waals surface area contributed by atoms with E-state index in [0.29, 0.717) is 24.5 Å². The number of amides is 3. The predicted octanol–water partition coefficient (Wildman–Crippen LogP) is 5.75. The summed E-state index contributed by atoms with van der Waals surface area (Å²) in [6.45, 7) is 8.89. The molecule has 0 radical (unpaired) electrons. The Balaban J connectivity index is 0.00000150. The van der Waals surface area contributed by atoms with E-state index >= 15 is 8.78 Å². The highest BCUT2D eigenvalue weighted by atomic mass is 19.3. The van der Waals surface area contributed by atoms with Crippen molar-refractivity contribution in [1.29, 1.82) is 0 Å². The number of aryl methyl sites for hydroxylation is 1. The van der Waals surface area contributed by atoms with E-state index in [0.717, 1.165) is 36.6 Å². The first-order chi connectivity index (χ1) is 18.8. The predicted molar refractivity (Wildman–Crippen MR) is 145 cm³/mol. The van der Waals surface area contributed by atoms with Crippen LogP contribution in [0, 0.1) is 18.6 Å². The second kappa shape index (κ2) is 17.1. The van der Waals surface area contributed by atoms with Gasteiger partial charge in [-0.3, -0.25) is 9.59 Å². The number of benzene rings is 2. The molecule has 8 nitrogen and oxygen atoms in total. The van der Waals surface area contributed by atoms with Crippen LogP contribution < -0.4 is 11.1 Å². The first-order valence-corrected chi connectivity index (χ1v) is 12.7. The summed E-state index contributed by atoms with van der Waals surface area (Å²) in [7, 11) is 2.22. The quantitative estimate of drug-likeness (QED) is 0.402. The van der Waals surface area contributed by atoms with Gasteiger partial charge in [-0.1, -0.05) is 13.8 Å². The lowest BCUT2D eigenvalue weighted by atomic mass is 9.95. The Morgan fingerprint density at radius 1 is 1.00 bits per heavy atom. The van der Waals surface area contributed by atoms with Crippen LogP contribution in [0.3, 0.4) is 0 Å². The highest BCUT2D eigenvalue weighted by Gasteiger charge is 2.49. The van der Waals surface area contributed by atoms with Crippen LogP contribution in [0.5, 0.6) is 0 Å². The van der Waals surface area contributed by atoms with Gasteiger partial charge in [0.15, 0.2) is 0 Å². The van der Waals surface area contributed by atoms with E-state index in [4.69, 9.17) is 5.11 Å². The second-order valence-electron chi connectivity index (χ2n) is 8.55. The van der Waals surface area contributed by atoms with E-state index in [1.54, 1.807) is 13.8 Å². The Bertz CT molecular complexity index is 1120. The average Bonchev–Trinajstić information content (AvgIpc) is 2.93. The first kappa shape index (κ1) is 36.3. The number of nitrogens with two attached hydrogens (primary N) is 1. The molecule has 0 bridgehead atoms. The normalized spacial score (nSPS) is 16.1. The number of piperidine rings is 1. The van der Waals surface area contributed by atoms with Gasteiger partial charge >= 0.3 is 12.0 Å². The van der Waals surface area contributed by atoms with Gasteiger partial charge < -0.3 is 25.8 Å². The molecule has 0 aliphatic carbocycles. The van der Waals surface area contributed by atoms with Crippen molar-refractivity contribution in [2.75, 3.05) is 19.5 Å². The maximum atomic E-state index is 15.1. The summed E-state index contributed by atoms with van der Waals surface area (Å²) in [5.41, 5.74) is 3.59. The number of likely N-dealkylation sites (tertiary alicyclic amines) is 1. The van der Waals surface area contributed by atoms with E-state index < -0.39 is 53.1 Å². The lowest BCUT2D eigenvalue weighted by molar-refractivity contribution is -0.166. The standard InChI is InChI=1S/C23H24F4N2O2.C2H5NO2.C2H6.CH4O/c1-13-11-17(8-10-19(13)24)28-21(30)16-7-9-20(25)18(12-16)23(26,27)22(31)29-14(2)5-4-6-15(29)3;1-5-2(3)4;2*1-2/h7-12,14-15H,4-6H2,1-3H3,(H,28,30);1H3,(H2,3,4);1-2H3;2H,1H3. The van der Waals surface area contributed by atoms with Crippen molar-refractivity contribution >= 4 is 23.6 Å². The van der Waals surface area contributed by atoms with Crippen molar-refractivity contribution in [2.24, 2.45) is 5.73 Å². The lowest BCUT2D eigenvalue weighted by Crippen LogP contribution is -2.53. The van der Waals surface area contributed by atoms with Gasteiger partial charge in [-0.25, -0.2) is 13.6 Å². The molecule has 0 saturated carbocycles. The fourth-order valence-corrected chi connectivity index (χ4v) is 3.93. The Hall–Kier alpha value is -3.67. The zero-order chi connectivity index (χ0) is 31.2. The average molecular weight is 574 g/mol. The van der Waals surface area contributed by atoms with Crippen LogP contribution in [0.2, 0.25) is 0 Å². The topological polar surface area (TPSA) is 122 Å². The molecule has 2 atom stereocenters. The molecule has 2 aromatic carbocycles. The molecule has 1 fully saturated rings. The van der Waals surface area contributed by atoms with Crippen LogP contribution in [0.15, 0.2) is 36.4 Å². The molecule has 4 N–H and O–H groups in total. The molecular weight excluding hydrogens is 534 g/mol. The molecule has 2 unspecified atom stereocenters. The molecule has 3 rings (SSSR count). The number of aliphatic hydroxyl groups is 1. The Labute approximate surface area is 232 Å². The number of halogens is 4. The molecular formula is C28H39F4N3O5. The number of nitrogens with zero attached hydrogens (tertiary/aromatic N) is 1. The van der Waals surface area contributed by atoms with Crippen molar-refractivity contribution in [1.82, 2.24) is 4.90 Å². The number of anilines is 1. The van der Waals surface area contributed by atoms with Crippen molar-refractivity contribution in [2.45, 2.75) is 71.9 Å². The second-order valence-corrected chi connectivity index (χ2v) is 8.55. The number of aliphatic hydroxyl groups excluding tert-OH is 1. The van der Waals surface area contributed by atoms with Crippen LogP contribution in [0.1, 0.15) is 68.4 Å². The van der Waals surface area contributed by atoms with Crippen molar-refractivity contribution in [3.63, 3.8) is 0 Å². The van der Waals surface area contributed by atoms with Crippen molar-refractivity contribution in [3.05, 3.63) is 64.7 Å². The summed E-state index contributed by atoms with van der Waals surface area (Å²) in [4.78, 5) is 35.7. The van der Waals surface area contributed by atoms with Crippen LogP contribution in [0.25, 0.3) is 0 Å². The van der Waals surface area contributed by atoms with Gasteiger partial charge in [0.1, 0.15) is 11.6 Å². The van der Waals surface area contributed by atoms with Gasteiger partial charge in [-0.2, -0.15) is 8.78 Å². The van der Waals surface area contributed by atoms with Gasteiger partial charge in [0.2, 0.25) is 0 Å². The zero-order valence-electron chi connectivity index (χ0n) is 23.9. The molecule has 3 amide bonds. The minimum Gasteiger partial charge on any atom is -0.453 e. The third kappa shape index (κ3) is 9.82. The number of ether oxygens (including phenoxy) is 1. The smallest absolute Gasteiger partial charge is 0.404 e. The van der Waals surface area contributed by atoms with Gasteiger partial charge in [0, 0.05) is 30.4 Å². The number of carbonyl (C=O) groups excluding carboxylic acids is 3. The van der Waals surface area contributed by atoms with E-state index in [1.165, 1.54) is 26.2 Å². The summed E-state index contributed by atoms with van der Waals surface area (Å²) in [6, 6.07) is 5.57. The summed E-state index contributed by atoms with van der Waals surface area (Å²) >= 11 is 0. The number of carbonyl (C=O) groups is 3. The van der Waals surface area contributed by atoms with Gasteiger partial charge in [0.25, 0.3) is 11.8 Å². The lowest BCUT2D eigenvalue weighted by Gasteiger charge is -2.40. The van der Waals surface area contributed by atoms with E-state index in [2.05, 4.69) is 15.8 Å². The Morgan fingerprint density at radius 3 is 1.98 bits per heavy atom. The van der Waals surface area contributed by atoms with Crippen LogP contribution >= 0.6 is 0 Å². The molecule has 12 heteroatoms. The number of alkyl halides is 2.